The van der Waals surface area contributed by atoms with E-state index in [0.29, 0.717) is 0 Å². The van der Waals surface area contributed by atoms with Crippen molar-refractivity contribution < 1.29 is 4.79 Å². The highest BCUT2D eigenvalue weighted by Gasteiger charge is 2.24. The van der Waals surface area contributed by atoms with E-state index in [9.17, 15) is 4.79 Å². The molecule has 0 spiro atoms. The fourth-order valence-corrected chi connectivity index (χ4v) is 3.16. The number of piperazine rings is 1. The number of nitrogens with zero attached hydrogens (tertiary/aromatic N) is 2. The smallest absolute Gasteiger partial charge is 0.270 e. The minimum absolute atomic E-state index is 0.185. The molecule has 1 aromatic heterocycles. The van der Waals surface area contributed by atoms with Crippen molar-refractivity contribution in [2.45, 2.75) is 32.6 Å². The van der Waals surface area contributed by atoms with Crippen molar-refractivity contribution in [3.63, 3.8) is 0 Å². The SMILES string of the molecule is CCN1CCN(C(=O)c2cc3c([nH]2)CCCC3)CC1. The molecule has 3 rings (SSSR count). The number of aromatic amines is 1. The van der Waals surface area contributed by atoms with Crippen molar-refractivity contribution in [1.29, 1.82) is 0 Å². The van der Waals surface area contributed by atoms with Crippen LogP contribution < -0.4 is 0 Å². The maximum atomic E-state index is 12.5. The molecule has 104 valence electrons. The molecule has 1 aliphatic heterocycles. The number of rotatable bonds is 2. The molecule has 0 atom stereocenters. The van der Waals surface area contributed by atoms with Crippen molar-refractivity contribution in [2.75, 3.05) is 32.7 Å². The van der Waals surface area contributed by atoms with Crippen LogP contribution in [0.2, 0.25) is 0 Å². The van der Waals surface area contributed by atoms with Gasteiger partial charge < -0.3 is 14.8 Å². The van der Waals surface area contributed by atoms with Crippen LogP contribution in [0.15, 0.2) is 6.07 Å². The van der Waals surface area contributed by atoms with Gasteiger partial charge in [-0.2, -0.15) is 0 Å². The molecule has 1 amide bonds. The first-order valence-electron chi connectivity index (χ1n) is 7.50. The largest absolute Gasteiger partial charge is 0.354 e. The molecular weight excluding hydrogens is 238 g/mol. The summed E-state index contributed by atoms with van der Waals surface area (Å²) in [5, 5.41) is 0. The van der Waals surface area contributed by atoms with E-state index < -0.39 is 0 Å². The van der Waals surface area contributed by atoms with Crippen molar-refractivity contribution in [2.24, 2.45) is 0 Å². The Kier molecular flexibility index (Phi) is 3.60. The minimum atomic E-state index is 0.185. The van der Waals surface area contributed by atoms with E-state index in [1.54, 1.807) is 0 Å². The van der Waals surface area contributed by atoms with Gasteiger partial charge in [0.15, 0.2) is 0 Å². The average molecular weight is 261 g/mol. The van der Waals surface area contributed by atoms with Crippen LogP contribution >= 0.6 is 0 Å². The molecule has 19 heavy (non-hydrogen) atoms. The van der Waals surface area contributed by atoms with E-state index in [1.165, 1.54) is 24.1 Å². The highest BCUT2D eigenvalue weighted by Crippen LogP contribution is 2.22. The summed E-state index contributed by atoms with van der Waals surface area (Å²) < 4.78 is 0. The molecule has 1 saturated heterocycles. The van der Waals surface area contributed by atoms with E-state index >= 15 is 0 Å². The lowest BCUT2D eigenvalue weighted by Crippen LogP contribution is -2.48. The molecule has 4 heteroatoms. The van der Waals surface area contributed by atoms with Gasteiger partial charge in [-0.3, -0.25) is 4.79 Å². The molecule has 0 radical (unpaired) electrons. The minimum Gasteiger partial charge on any atom is -0.354 e. The Hall–Kier alpha value is -1.29. The van der Waals surface area contributed by atoms with E-state index in [4.69, 9.17) is 0 Å². The van der Waals surface area contributed by atoms with Crippen LogP contribution in [0.4, 0.5) is 0 Å². The number of hydrogen-bond donors (Lipinski definition) is 1. The number of likely N-dealkylation sites (N-methyl/N-ethyl adjacent to an activating group) is 1. The first-order chi connectivity index (χ1) is 9.28. The number of hydrogen-bond acceptors (Lipinski definition) is 2. The molecule has 0 bridgehead atoms. The Balaban J connectivity index is 1.68. The Labute approximate surface area is 114 Å². The number of aryl methyl sites for hydroxylation is 2. The second-order valence-corrected chi connectivity index (χ2v) is 5.62. The van der Waals surface area contributed by atoms with Crippen LogP contribution in [0, 0.1) is 0 Å². The van der Waals surface area contributed by atoms with E-state index in [-0.39, 0.29) is 5.91 Å². The third-order valence-electron chi connectivity index (χ3n) is 4.45. The molecular formula is C15H23N3O. The molecule has 1 N–H and O–H groups in total. The summed E-state index contributed by atoms with van der Waals surface area (Å²) in [6.45, 7) is 6.98. The summed E-state index contributed by atoms with van der Waals surface area (Å²) in [5.41, 5.74) is 3.46. The number of aromatic nitrogens is 1. The van der Waals surface area contributed by atoms with Gasteiger partial charge in [-0.05, 0) is 43.9 Å². The number of carbonyl (C=O) groups is 1. The van der Waals surface area contributed by atoms with Crippen molar-refractivity contribution in [3.05, 3.63) is 23.0 Å². The summed E-state index contributed by atoms with van der Waals surface area (Å²) in [6.07, 6.45) is 4.74. The highest BCUT2D eigenvalue weighted by molar-refractivity contribution is 5.93. The summed E-state index contributed by atoms with van der Waals surface area (Å²) in [6, 6.07) is 2.09. The van der Waals surface area contributed by atoms with E-state index in [0.717, 1.165) is 51.3 Å². The van der Waals surface area contributed by atoms with E-state index in [1.807, 2.05) is 4.90 Å². The first-order valence-corrected chi connectivity index (χ1v) is 7.50. The molecule has 0 saturated carbocycles. The van der Waals surface area contributed by atoms with Gasteiger partial charge in [0.1, 0.15) is 5.69 Å². The van der Waals surface area contributed by atoms with E-state index in [2.05, 4.69) is 22.9 Å². The molecule has 0 aromatic carbocycles. The van der Waals surface area contributed by atoms with Crippen LogP contribution in [0.25, 0.3) is 0 Å². The van der Waals surface area contributed by atoms with Crippen molar-refractivity contribution >= 4 is 5.91 Å². The third-order valence-corrected chi connectivity index (χ3v) is 4.45. The topological polar surface area (TPSA) is 39.3 Å². The quantitative estimate of drug-likeness (QED) is 0.879. The van der Waals surface area contributed by atoms with Gasteiger partial charge in [-0.15, -0.1) is 0 Å². The molecule has 1 aliphatic carbocycles. The maximum absolute atomic E-state index is 12.5. The number of H-pyrrole nitrogens is 1. The Morgan fingerprint density at radius 3 is 2.63 bits per heavy atom. The van der Waals surface area contributed by atoms with Gasteiger partial charge in [0, 0.05) is 31.9 Å². The Morgan fingerprint density at radius 1 is 1.21 bits per heavy atom. The normalized spacial score (nSPS) is 20.4. The summed E-state index contributed by atoms with van der Waals surface area (Å²) >= 11 is 0. The van der Waals surface area contributed by atoms with Crippen LogP contribution in [0.3, 0.4) is 0 Å². The standard InChI is InChI=1S/C15H23N3O/c1-2-17-7-9-18(10-8-17)15(19)14-11-12-5-3-4-6-13(12)16-14/h11,16H,2-10H2,1H3. The number of amides is 1. The average Bonchev–Trinajstić information content (AvgIpc) is 2.90. The zero-order chi connectivity index (χ0) is 13.2. The van der Waals surface area contributed by atoms with Crippen molar-refractivity contribution in [3.8, 4) is 0 Å². The Bertz CT molecular complexity index is 434. The van der Waals surface area contributed by atoms with Crippen LogP contribution in [0.1, 0.15) is 41.5 Å². The molecule has 1 aromatic rings. The number of carbonyl (C=O) groups excluding carboxylic acids is 1. The fraction of sp³-hybridized carbons (Fsp3) is 0.667. The first kappa shape index (κ1) is 12.7. The Morgan fingerprint density at radius 2 is 1.95 bits per heavy atom. The number of nitrogens with one attached hydrogen (secondary N) is 1. The molecule has 2 heterocycles. The second kappa shape index (κ2) is 5.37. The van der Waals surface area contributed by atoms with Crippen LogP contribution in [0.5, 0.6) is 0 Å². The zero-order valence-corrected chi connectivity index (χ0v) is 11.7. The monoisotopic (exact) mass is 261 g/mol. The van der Waals surface area contributed by atoms with Crippen LogP contribution in [-0.4, -0.2) is 53.4 Å². The van der Waals surface area contributed by atoms with Gasteiger partial charge in [0.2, 0.25) is 0 Å². The summed E-state index contributed by atoms with van der Waals surface area (Å²) in [5.74, 6) is 0.185. The predicted octanol–water partition coefficient (Wildman–Crippen LogP) is 1.67. The van der Waals surface area contributed by atoms with Crippen molar-refractivity contribution in [1.82, 2.24) is 14.8 Å². The van der Waals surface area contributed by atoms with Gasteiger partial charge in [0.25, 0.3) is 5.91 Å². The molecule has 0 unspecified atom stereocenters. The predicted molar refractivity (Wildman–Crippen MR) is 75.5 cm³/mol. The van der Waals surface area contributed by atoms with Crippen LogP contribution in [-0.2, 0) is 12.8 Å². The highest BCUT2D eigenvalue weighted by atomic mass is 16.2. The van der Waals surface area contributed by atoms with Gasteiger partial charge >= 0.3 is 0 Å². The van der Waals surface area contributed by atoms with Gasteiger partial charge in [-0.1, -0.05) is 6.92 Å². The summed E-state index contributed by atoms with van der Waals surface area (Å²) in [7, 11) is 0. The zero-order valence-electron chi connectivity index (χ0n) is 11.7. The fourth-order valence-electron chi connectivity index (χ4n) is 3.16. The van der Waals surface area contributed by atoms with Gasteiger partial charge in [-0.25, -0.2) is 0 Å². The lowest BCUT2D eigenvalue weighted by atomic mass is 9.98. The second-order valence-electron chi connectivity index (χ2n) is 5.62. The molecule has 4 nitrogen and oxygen atoms in total. The summed E-state index contributed by atoms with van der Waals surface area (Å²) in [4.78, 5) is 20.2. The number of fused-ring (bicyclic) bond motifs is 1. The van der Waals surface area contributed by atoms with Gasteiger partial charge in [0.05, 0.1) is 0 Å². The third kappa shape index (κ3) is 2.54. The lowest BCUT2D eigenvalue weighted by molar-refractivity contribution is 0.0638. The molecule has 1 fully saturated rings. The molecule has 2 aliphatic rings. The maximum Gasteiger partial charge on any atom is 0.270 e. The lowest BCUT2D eigenvalue weighted by Gasteiger charge is -2.33.